The van der Waals surface area contributed by atoms with Crippen molar-refractivity contribution in [2.45, 2.75) is 18.1 Å². The van der Waals surface area contributed by atoms with E-state index in [4.69, 9.17) is 9.84 Å². The van der Waals surface area contributed by atoms with Gasteiger partial charge in [0, 0.05) is 26.2 Å². The van der Waals surface area contributed by atoms with E-state index in [0.717, 1.165) is 51.0 Å². The van der Waals surface area contributed by atoms with Crippen molar-refractivity contribution in [1.82, 2.24) is 25.1 Å². The highest BCUT2D eigenvalue weighted by molar-refractivity contribution is 7.99. The summed E-state index contributed by atoms with van der Waals surface area (Å²) >= 11 is 1.14. The fourth-order valence-electron chi connectivity index (χ4n) is 1.84. The maximum absolute atomic E-state index is 10.5. The highest BCUT2D eigenvalue weighted by atomic mass is 32.2. The molecule has 1 aromatic rings. The van der Waals surface area contributed by atoms with Gasteiger partial charge in [0.25, 0.3) is 0 Å². The molecule has 1 aliphatic heterocycles. The monoisotopic (exact) mass is 287 g/mol. The predicted octanol–water partition coefficient (Wildman–Crippen LogP) is -0.428. The number of ether oxygens (including phenoxy) is 1. The molecule has 2 rings (SSSR count). The van der Waals surface area contributed by atoms with Gasteiger partial charge in [-0.05, 0) is 16.8 Å². The molecule has 0 unspecified atom stereocenters. The van der Waals surface area contributed by atoms with Gasteiger partial charge in [0.1, 0.15) is 0 Å². The summed E-state index contributed by atoms with van der Waals surface area (Å²) in [5.74, 6) is -0.892. The van der Waals surface area contributed by atoms with Gasteiger partial charge in [-0.2, -0.15) is 0 Å². The molecule has 1 saturated heterocycles. The number of hydrogen-bond donors (Lipinski definition) is 1. The number of carbonyl (C=O) groups is 1. The summed E-state index contributed by atoms with van der Waals surface area (Å²) in [4.78, 5) is 12.9. The number of aryl methyl sites for hydroxylation is 1. The molecular formula is C10H17N5O3S. The molecule has 106 valence electrons. The third-order valence-electron chi connectivity index (χ3n) is 2.77. The Labute approximate surface area is 115 Å². The van der Waals surface area contributed by atoms with Crippen LogP contribution in [0.4, 0.5) is 0 Å². The number of carboxylic acids is 1. The number of aliphatic carboxylic acids is 1. The second kappa shape index (κ2) is 7.41. The minimum Gasteiger partial charge on any atom is -0.481 e. The lowest BCUT2D eigenvalue weighted by Gasteiger charge is -2.26. The molecule has 1 aromatic heterocycles. The topological polar surface area (TPSA) is 93.4 Å². The number of rotatable bonds is 7. The number of carboxylic acid groups (broad SMARTS) is 1. The van der Waals surface area contributed by atoms with Gasteiger partial charge in [-0.25, -0.2) is 4.68 Å². The van der Waals surface area contributed by atoms with E-state index < -0.39 is 5.97 Å². The van der Waals surface area contributed by atoms with E-state index in [1.54, 1.807) is 4.68 Å². The summed E-state index contributed by atoms with van der Waals surface area (Å²) in [6.07, 6.45) is 0.936. The molecule has 0 amide bonds. The Morgan fingerprint density at radius 3 is 2.89 bits per heavy atom. The van der Waals surface area contributed by atoms with Crippen LogP contribution in [0.25, 0.3) is 0 Å². The van der Waals surface area contributed by atoms with Gasteiger partial charge in [0.15, 0.2) is 0 Å². The Morgan fingerprint density at radius 2 is 2.16 bits per heavy atom. The fourth-order valence-corrected chi connectivity index (χ4v) is 2.46. The van der Waals surface area contributed by atoms with Crippen molar-refractivity contribution in [3.05, 3.63) is 0 Å². The van der Waals surface area contributed by atoms with Crippen LogP contribution in [-0.4, -0.2) is 74.8 Å². The number of morpholine rings is 1. The SMILES string of the molecule is O=C(O)CSc1nnnn1CCCN1CCOCC1. The molecule has 9 heteroatoms. The summed E-state index contributed by atoms with van der Waals surface area (Å²) in [7, 11) is 0. The first-order chi connectivity index (χ1) is 9.25. The van der Waals surface area contributed by atoms with E-state index in [0.29, 0.717) is 11.7 Å². The van der Waals surface area contributed by atoms with Crippen molar-refractivity contribution < 1.29 is 14.6 Å². The Hall–Kier alpha value is -1.19. The lowest BCUT2D eigenvalue weighted by atomic mass is 10.3. The van der Waals surface area contributed by atoms with Gasteiger partial charge in [0.2, 0.25) is 5.16 Å². The third kappa shape index (κ3) is 4.77. The van der Waals surface area contributed by atoms with Gasteiger partial charge in [-0.3, -0.25) is 9.69 Å². The summed E-state index contributed by atoms with van der Waals surface area (Å²) in [5.41, 5.74) is 0. The zero-order valence-corrected chi connectivity index (χ0v) is 11.4. The molecule has 2 heterocycles. The van der Waals surface area contributed by atoms with Crippen LogP contribution in [0.3, 0.4) is 0 Å². The van der Waals surface area contributed by atoms with E-state index in [-0.39, 0.29) is 5.75 Å². The highest BCUT2D eigenvalue weighted by Gasteiger charge is 2.12. The molecule has 1 N–H and O–H groups in total. The molecule has 0 aliphatic carbocycles. The van der Waals surface area contributed by atoms with E-state index >= 15 is 0 Å². The smallest absolute Gasteiger partial charge is 0.313 e. The normalized spacial score (nSPS) is 16.6. The van der Waals surface area contributed by atoms with E-state index in [2.05, 4.69) is 20.4 Å². The quantitative estimate of drug-likeness (QED) is 0.675. The predicted molar refractivity (Wildman–Crippen MR) is 68.1 cm³/mol. The van der Waals surface area contributed by atoms with Crippen LogP contribution < -0.4 is 0 Å². The molecule has 0 bridgehead atoms. The van der Waals surface area contributed by atoms with E-state index in [1.807, 2.05) is 0 Å². The number of hydrogen-bond acceptors (Lipinski definition) is 7. The molecule has 1 fully saturated rings. The van der Waals surface area contributed by atoms with Gasteiger partial charge in [0.05, 0.1) is 19.0 Å². The standard InChI is InChI=1S/C10H17N5O3S/c16-9(17)8-19-10-11-12-13-15(10)3-1-2-14-4-6-18-7-5-14/h1-8H2,(H,16,17). The molecular weight excluding hydrogens is 270 g/mol. The number of aromatic nitrogens is 4. The molecule has 0 aromatic carbocycles. The maximum atomic E-state index is 10.5. The highest BCUT2D eigenvalue weighted by Crippen LogP contribution is 2.13. The van der Waals surface area contributed by atoms with Crippen molar-refractivity contribution in [2.75, 3.05) is 38.6 Å². The molecule has 19 heavy (non-hydrogen) atoms. The molecule has 0 spiro atoms. The Balaban J connectivity index is 1.72. The summed E-state index contributed by atoms with van der Waals surface area (Å²) in [6.45, 7) is 5.21. The van der Waals surface area contributed by atoms with Crippen LogP contribution in [0.15, 0.2) is 5.16 Å². The lowest BCUT2D eigenvalue weighted by Crippen LogP contribution is -2.37. The van der Waals surface area contributed by atoms with E-state index in [9.17, 15) is 4.79 Å². The minimum atomic E-state index is -0.868. The van der Waals surface area contributed by atoms with Crippen molar-refractivity contribution in [1.29, 1.82) is 0 Å². The Kier molecular flexibility index (Phi) is 5.55. The van der Waals surface area contributed by atoms with Crippen LogP contribution in [0, 0.1) is 0 Å². The maximum Gasteiger partial charge on any atom is 0.313 e. The average molecular weight is 287 g/mol. The van der Waals surface area contributed by atoms with Crippen molar-refractivity contribution in [2.24, 2.45) is 0 Å². The summed E-state index contributed by atoms with van der Waals surface area (Å²) in [5, 5.41) is 20.5. The Bertz CT molecular complexity index is 408. The second-order valence-electron chi connectivity index (χ2n) is 4.17. The second-order valence-corrected chi connectivity index (χ2v) is 5.12. The minimum absolute atomic E-state index is 0.0240. The van der Waals surface area contributed by atoms with Crippen molar-refractivity contribution in [3.63, 3.8) is 0 Å². The Morgan fingerprint density at radius 1 is 1.37 bits per heavy atom. The van der Waals surface area contributed by atoms with E-state index in [1.165, 1.54) is 0 Å². The van der Waals surface area contributed by atoms with Crippen LogP contribution >= 0.6 is 11.8 Å². The average Bonchev–Trinajstić information content (AvgIpc) is 2.85. The molecule has 8 nitrogen and oxygen atoms in total. The molecule has 0 atom stereocenters. The van der Waals surface area contributed by atoms with Crippen LogP contribution in [0.2, 0.25) is 0 Å². The lowest BCUT2D eigenvalue weighted by molar-refractivity contribution is -0.133. The first kappa shape index (κ1) is 14.2. The van der Waals surface area contributed by atoms with Gasteiger partial charge < -0.3 is 9.84 Å². The molecule has 1 aliphatic rings. The zero-order valence-electron chi connectivity index (χ0n) is 10.6. The van der Waals surface area contributed by atoms with Gasteiger partial charge >= 0.3 is 5.97 Å². The van der Waals surface area contributed by atoms with Crippen LogP contribution in [0.5, 0.6) is 0 Å². The van der Waals surface area contributed by atoms with Crippen molar-refractivity contribution in [3.8, 4) is 0 Å². The van der Waals surface area contributed by atoms with Crippen LogP contribution in [0.1, 0.15) is 6.42 Å². The molecule has 0 radical (unpaired) electrons. The summed E-state index contributed by atoms with van der Waals surface area (Å²) < 4.78 is 6.95. The third-order valence-corrected chi connectivity index (χ3v) is 3.71. The number of nitrogens with zero attached hydrogens (tertiary/aromatic N) is 5. The number of thioether (sulfide) groups is 1. The first-order valence-corrected chi connectivity index (χ1v) is 7.15. The fraction of sp³-hybridized carbons (Fsp3) is 0.800. The first-order valence-electron chi connectivity index (χ1n) is 6.16. The molecule has 0 saturated carbocycles. The van der Waals surface area contributed by atoms with Gasteiger partial charge in [-0.15, -0.1) is 5.10 Å². The zero-order chi connectivity index (χ0) is 13.5. The van der Waals surface area contributed by atoms with Crippen molar-refractivity contribution >= 4 is 17.7 Å². The van der Waals surface area contributed by atoms with Gasteiger partial charge in [-0.1, -0.05) is 11.8 Å². The largest absolute Gasteiger partial charge is 0.481 e. The summed E-state index contributed by atoms with van der Waals surface area (Å²) in [6, 6.07) is 0. The van der Waals surface area contributed by atoms with Crippen LogP contribution in [-0.2, 0) is 16.1 Å². The number of tetrazole rings is 1.